The molecule has 1 saturated carbocycles. The lowest BCUT2D eigenvalue weighted by Crippen LogP contribution is -2.32. The molecular weight excluding hydrogens is 224 g/mol. The minimum atomic E-state index is 0.213. The minimum Gasteiger partial charge on any atom is -0.345 e. The van der Waals surface area contributed by atoms with Crippen LogP contribution in [0, 0.1) is 17.8 Å². The van der Waals surface area contributed by atoms with E-state index in [-0.39, 0.29) is 11.8 Å². The monoisotopic (exact) mass is 248 g/mol. The molecule has 0 atom stereocenters. The van der Waals surface area contributed by atoms with Gasteiger partial charge in [-0.1, -0.05) is 31.1 Å². The van der Waals surface area contributed by atoms with Gasteiger partial charge in [-0.25, -0.2) is 0 Å². The molecule has 1 aliphatic heterocycles. The summed E-state index contributed by atoms with van der Waals surface area (Å²) in [6.45, 7) is 3.74. The second-order valence-electron chi connectivity index (χ2n) is 5.39. The van der Waals surface area contributed by atoms with Gasteiger partial charge in [-0.3, -0.25) is 9.69 Å². The molecule has 0 bridgehead atoms. The summed E-state index contributed by atoms with van der Waals surface area (Å²) < 4.78 is 0. The summed E-state index contributed by atoms with van der Waals surface area (Å²) in [6.07, 6.45) is 8.44. The number of amides is 1. The summed E-state index contributed by atoms with van der Waals surface area (Å²) in [6, 6.07) is 0. The lowest BCUT2D eigenvalue weighted by molar-refractivity contribution is -0.125. The molecule has 0 aromatic carbocycles. The summed E-state index contributed by atoms with van der Waals surface area (Å²) in [5, 5.41) is 2.95. The highest BCUT2D eigenvalue weighted by atomic mass is 16.1. The van der Waals surface area contributed by atoms with E-state index in [4.69, 9.17) is 0 Å². The molecule has 1 heterocycles. The van der Waals surface area contributed by atoms with E-state index >= 15 is 0 Å². The van der Waals surface area contributed by atoms with Crippen LogP contribution in [0.2, 0.25) is 0 Å². The predicted octanol–water partition coefficient (Wildman–Crippen LogP) is 1.78. The van der Waals surface area contributed by atoms with Crippen molar-refractivity contribution in [3.63, 3.8) is 0 Å². The Morgan fingerprint density at radius 3 is 2.50 bits per heavy atom. The third-order valence-corrected chi connectivity index (χ3v) is 3.95. The second kappa shape index (κ2) is 7.43. The smallest absolute Gasteiger partial charge is 0.223 e. The van der Waals surface area contributed by atoms with Gasteiger partial charge in [0.2, 0.25) is 5.91 Å². The van der Waals surface area contributed by atoms with Crippen molar-refractivity contribution in [2.24, 2.45) is 5.92 Å². The van der Waals surface area contributed by atoms with Crippen molar-refractivity contribution in [2.45, 2.75) is 44.9 Å². The fourth-order valence-electron chi connectivity index (χ4n) is 2.81. The largest absolute Gasteiger partial charge is 0.345 e. The first-order chi connectivity index (χ1) is 8.86. The molecular formula is C15H24N2O. The normalized spacial score (nSPS) is 21.3. The van der Waals surface area contributed by atoms with Crippen LogP contribution in [-0.4, -0.2) is 37.0 Å². The molecule has 0 aromatic rings. The maximum absolute atomic E-state index is 11.8. The van der Waals surface area contributed by atoms with Crippen molar-refractivity contribution in [1.29, 1.82) is 0 Å². The number of rotatable bonds is 3. The number of likely N-dealkylation sites (tertiary alicyclic amines) is 1. The summed E-state index contributed by atoms with van der Waals surface area (Å²) in [5.74, 6) is 6.67. The highest BCUT2D eigenvalue weighted by molar-refractivity contribution is 5.78. The molecule has 0 unspecified atom stereocenters. The number of carbonyl (C=O) groups is 1. The van der Waals surface area contributed by atoms with Gasteiger partial charge in [-0.05, 0) is 38.8 Å². The SMILES string of the molecule is O=C(NCC#CCN1CCCC1)C1CCCCC1. The van der Waals surface area contributed by atoms with Gasteiger partial charge in [0.15, 0.2) is 0 Å². The molecule has 1 saturated heterocycles. The fourth-order valence-corrected chi connectivity index (χ4v) is 2.81. The fraction of sp³-hybridized carbons (Fsp3) is 0.800. The van der Waals surface area contributed by atoms with Crippen LogP contribution in [0.1, 0.15) is 44.9 Å². The lowest BCUT2D eigenvalue weighted by atomic mass is 9.89. The van der Waals surface area contributed by atoms with E-state index in [0.717, 1.165) is 19.4 Å². The van der Waals surface area contributed by atoms with Crippen molar-refractivity contribution in [3.8, 4) is 11.8 Å². The van der Waals surface area contributed by atoms with Crippen LogP contribution in [0.25, 0.3) is 0 Å². The van der Waals surface area contributed by atoms with E-state index in [1.165, 1.54) is 45.2 Å². The lowest BCUT2D eigenvalue weighted by Gasteiger charge is -2.19. The topological polar surface area (TPSA) is 32.3 Å². The maximum atomic E-state index is 11.8. The molecule has 0 aromatic heterocycles. The average Bonchev–Trinajstić information content (AvgIpc) is 2.92. The Hall–Kier alpha value is -1.01. The average molecular weight is 248 g/mol. The summed E-state index contributed by atoms with van der Waals surface area (Å²) in [4.78, 5) is 14.2. The van der Waals surface area contributed by atoms with Gasteiger partial charge < -0.3 is 5.32 Å². The van der Waals surface area contributed by atoms with Crippen molar-refractivity contribution in [1.82, 2.24) is 10.2 Å². The van der Waals surface area contributed by atoms with Crippen LogP contribution in [0.3, 0.4) is 0 Å². The molecule has 3 heteroatoms. The molecule has 1 amide bonds. The number of nitrogens with one attached hydrogen (secondary N) is 1. The number of hydrogen-bond donors (Lipinski definition) is 1. The third kappa shape index (κ3) is 4.34. The summed E-state index contributed by atoms with van der Waals surface area (Å²) >= 11 is 0. The minimum absolute atomic E-state index is 0.213. The Morgan fingerprint density at radius 1 is 1.06 bits per heavy atom. The van der Waals surface area contributed by atoms with Crippen LogP contribution >= 0.6 is 0 Å². The summed E-state index contributed by atoms with van der Waals surface area (Å²) in [5.41, 5.74) is 0. The molecule has 18 heavy (non-hydrogen) atoms. The first-order valence-corrected chi connectivity index (χ1v) is 7.32. The van der Waals surface area contributed by atoms with Crippen LogP contribution in [0.4, 0.5) is 0 Å². The van der Waals surface area contributed by atoms with Crippen LogP contribution in [0.5, 0.6) is 0 Å². The quantitative estimate of drug-likeness (QED) is 0.772. The van der Waals surface area contributed by atoms with Crippen LogP contribution < -0.4 is 5.32 Å². The van der Waals surface area contributed by atoms with Gasteiger partial charge in [0.05, 0.1) is 13.1 Å². The van der Waals surface area contributed by atoms with E-state index in [2.05, 4.69) is 22.1 Å². The highest BCUT2D eigenvalue weighted by Gasteiger charge is 2.20. The van der Waals surface area contributed by atoms with E-state index in [1.54, 1.807) is 0 Å². The summed E-state index contributed by atoms with van der Waals surface area (Å²) in [7, 11) is 0. The van der Waals surface area contributed by atoms with Gasteiger partial charge in [0.25, 0.3) is 0 Å². The zero-order valence-electron chi connectivity index (χ0n) is 11.2. The Labute approximate surface area is 110 Å². The first-order valence-electron chi connectivity index (χ1n) is 7.32. The van der Waals surface area contributed by atoms with Crippen LogP contribution in [0.15, 0.2) is 0 Å². The zero-order chi connectivity index (χ0) is 12.6. The standard InChI is InChI=1S/C15H24N2O/c18-15(14-8-2-1-3-9-14)16-10-4-5-11-17-12-6-7-13-17/h14H,1-3,6-13H2,(H,16,18). The van der Waals surface area contributed by atoms with E-state index in [1.807, 2.05) is 0 Å². The molecule has 1 N–H and O–H groups in total. The van der Waals surface area contributed by atoms with Gasteiger partial charge in [-0.15, -0.1) is 0 Å². The van der Waals surface area contributed by atoms with Gasteiger partial charge in [-0.2, -0.15) is 0 Å². The first kappa shape index (κ1) is 13.4. The predicted molar refractivity (Wildman–Crippen MR) is 73.0 cm³/mol. The molecule has 2 fully saturated rings. The van der Waals surface area contributed by atoms with Crippen molar-refractivity contribution >= 4 is 5.91 Å². The Balaban J connectivity index is 1.59. The Morgan fingerprint density at radius 2 is 1.78 bits per heavy atom. The molecule has 0 spiro atoms. The number of carbonyl (C=O) groups excluding carboxylic acids is 1. The highest BCUT2D eigenvalue weighted by Crippen LogP contribution is 2.23. The molecule has 1 aliphatic carbocycles. The van der Waals surface area contributed by atoms with Crippen molar-refractivity contribution in [2.75, 3.05) is 26.2 Å². The van der Waals surface area contributed by atoms with Crippen LogP contribution in [-0.2, 0) is 4.79 Å². The molecule has 2 aliphatic rings. The van der Waals surface area contributed by atoms with Crippen molar-refractivity contribution < 1.29 is 4.79 Å². The third-order valence-electron chi connectivity index (χ3n) is 3.95. The number of nitrogens with zero attached hydrogens (tertiary/aromatic N) is 1. The van der Waals surface area contributed by atoms with E-state index in [9.17, 15) is 4.79 Å². The number of hydrogen-bond acceptors (Lipinski definition) is 2. The second-order valence-corrected chi connectivity index (χ2v) is 5.39. The van der Waals surface area contributed by atoms with Gasteiger partial charge in [0.1, 0.15) is 0 Å². The molecule has 3 nitrogen and oxygen atoms in total. The van der Waals surface area contributed by atoms with E-state index in [0.29, 0.717) is 6.54 Å². The van der Waals surface area contributed by atoms with Gasteiger partial charge in [0, 0.05) is 5.92 Å². The molecule has 2 rings (SSSR count). The maximum Gasteiger partial charge on any atom is 0.223 e. The van der Waals surface area contributed by atoms with Gasteiger partial charge >= 0.3 is 0 Å². The Kier molecular flexibility index (Phi) is 5.54. The Bertz CT molecular complexity index is 317. The molecule has 100 valence electrons. The zero-order valence-corrected chi connectivity index (χ0v) is 11.2. The molecule has 0 radical (unpaired) electrons. The van der Waals surface area contributed by atoms with E-state index < -0.39 is 0 Å². The van der Waals surface area contributed by atoms with Crippen molar-refractivity contribution in [3.05, 3.63) is 0 Å².